The van der Waals surface area contributed by atoms with Crippen molar-refractivity contribution in [2.24, 2.45) is 0 Å². The minimum absolute atomic E-state index is 0.0757. The molecule has 0 amide bonds. The average Bonchev–Trinajstić information content (AvgIpc) is 2.36. The Morgan fingerprint density at radius 1 is 1.61 bits per heavy atom. The molecule has 0 aliphatic heterocycles. The summed E-state index contributed by atoms with van der Waals surface area (Å²) >= 11 is 0. The fourth-order valence-corrected chi connectivity index (χ4v) is 1.19. The smallest absolute Gasteiger partial charge is 0.331 e. The molecule has 7 heteroatoms. The molecule has 1 rings (SSSR count). The molecule has 0 atom stereocenters. The van der Waals surface area contributed by atoms with Gasteiger partial charge in [-0.3, -0.25) is 10.1 Å². The van der Waals surface area contributed by atoms with Crippen LogP contribution in [-0.2, 0) is 9.53 Å². The predicted molar refractivity (Wildman–Crippen MR) is 63.1 cm³/mol. The largest absolute Gasteiger partial charge is 0.476 e. The van der Waals surface area contributed by atoms with Crippen molar-refractivity contribution >= 4 is 17.7 Å². The predicted octanol–water partition coefficient (Wildman–Crippen LogP) is 1.57. The van der Waals surface area contributed by atoms with Gasteiger partial charge in [-0.1, -0.05) is 0 Å². The molecular formula is C11H12N2O5. The number of nitro groups is 1. The number of aromatic nitrogens is 1. The molecule has 1 heterocycles. The Labute approximate surface area is 103 Å². The summed E-state index contributed by atoms with van der Waals surface area (Å²) < 4.78 is 9.44. The van der Waals surface area contributed by atoms with E-state index in [1.165, 1.54) is 31.5 Å². The molecule has 0 saturated heterocycles. The first-order valence-electron chi connectivity index (χ1n) is 5.11. The van der Waals surface area contributed by atoms with Gasteiger partial charge < -0.3 is 9.47 Å². The van der Waals surface area contributed by atoms with E-state index in [-0.39, 0.29) is 18.2 Å². The Bertz CT molecular complexity index is 484. The lowest BCUT2D eigenvalue weighted by Crippen LogP contribution is -1.99. The van der Waals surface area contributed by atoms with Crippen LogP contribution in [0.2, 0.25) is 0 Å². The number of hydrogen-bond donors (Lipinski definition) is 0. The number of pyridine rings is 1. The highest BCUT2D eigenvalue weighted by molar-refractivity contribution is 5.87. The molecule has 0 saturated carbocycles. The normalized spacial score (nSPS) is 10.3. The number of nitrogens with zero attached hydrogens (tertiary/aromatic N) is 2. The fourth-order valence-electron chi connectivity index (χ4n) is 1.19. The quantitative estimate of drug-likeness (QED) is 0.342. The Morgan fingerprint density at radius 2 is 2.33 bits per heavy atom. The second kappa shape index (κ2) is 6.33. The third-order valence-electron chi connectivity index (χ3n) is 1.94. The lowest BCUT2D eigenvalue weighted by atomic mass is 10.2. The Morgan fingerprint density at radius 3 is 2.89 bits per heavy atom. The van der Waals surface area contributed by atoms with Crippen LogP contribution < -0.4 is 4.74 Å². The van der Waals surface area contributed by atoms with Crippen LogP contribution in [0.5, 0.6) is 5.88 Å². The highest BCUT2D eigenvalue weighted by Crippen LogP contribution is 2.24. The molecule has 0 spiro atoms. The monoisotopic (exact) mass is 252 g/mol. The van der Waals surface area contributed by atoms with E-state index in [4.69, 9.17) is 4.74 Å². The van der Waals surface area contributed by atoms with Crippen molar-refractivity contribution in [2.75, 3.05) is 13.7 Å². The summed E-state index contributed by atoms with van der Waals surface area (Å²) in [6.07, 6.45) is 3.93. The number of ether oxygens (including phenoxy) is 2. The number of hydrogen-bond acceptors (Lipinski definition) is 6. The van der Waals surface area contributed by atoms with E-state index in [1.807, 2.05) is 0 Å². The van der Waals surface area contributed by atoms with Gasteiger partial charge in [0.15, 0.2) is 0 Å². The van der Waals surface area contributed by atoms with Gasteiger partial charge in [0, 0.05) is 23.9 Å². The molecule has 0 N–H and O–H groups in total. The van der Waals surface area contributed by atoms with Gasteiger partial charge in [-0.25, -0.2) is 9.78 Å². The molecule has 1 aromatic rings. The molecule has 0 aliphatic carbocycles. The second-order valence-electron chi connectivity index (χ2n) is 3.14. The SMILES string of the molecule is CCOC(=O)C=Cc1cnc(OC)c([N+](=O)[O-])c1. The molecule has 0 fully saturated rings. The van der Waals surface area contributed by atoms with E-state index in [0.717, 1.165) is 0 Å². The Hall–Kier alpha value is -2.44. The third-order valence-corrected chi connectivity index (χ3v) is 1.94. The minimum atomic E-state index is -0.604. The number of carbonyl (C=O) groups is 1. The summed E-state index contributed by atoms with van der Waals surface area (Å²) in [6.45, 7) is 1.95. The van der Waals surface area contributed by atoms with Crippen LogP contribution in [0.15, 0.2) is 18.3 Å². The highest BCUT2D eigenvalue weighted by atomic mass is 16.6. The summed E-state index contributed by atoms with van der Waals surface area (Å²) in [5, 5.41) is 10.7. The molecular weight excluding hydrogens is 240 g/mol. The van der Waals surface area contributed by atoms with Gasteiger partial charge in [0.1, 0.15) is 0 Å². The minimum Gasteiger partial charge on any atom is -0.476 e. The first-order valence-corrected chi connectivity index (χ1v) is 5.11. The van der Waals surface area contributed by atoms with E-state index in [0.29, 0.717) is 5.56 Å². The van der Waals surface area contributed by atoms with Crippen LogP contribution in [0.4, 0.5) is 5.69 Å². The maximum atomic E-state index is 11.1. The van der Waals surface area contributed by atoms with Crippen molar-refractivity contribution in [1.82, 2.24) is 4.98 Å². The first kappa shape index (κ1) is 13.6. The number of methoxy groups -OCH3 is 1. The van der Waals surface area contributed by atoms with Crippen molar-refractivity contribution in [3.63, 3.8) is 0 Å². The molecule has 7 nitrogen and oxygen atoms in total. The van der Waals surface area contributed by atoms with Gasteiger partial charge in [-0.15, -0.1) is 0 Å². The van der Waals surface area contributed by atoms with Gasteiger partial charge in [0.2, 0.25) is 0 Å². The van der Waals surface area contributed by atoms with Gasteiger partial charge in [-0.2, -0.15) is 0 Å². The number of rotatable bonds is 5. The lowest BCUT2D eigenvalue weighted by Gasteiger charge is -2.00. The molecule has 96 valence electrons. The third kappa shape index (κ3) is 3.55. The highest BCUT2D eigenvalue weighted by Gasteiger charge is 2.16. The van der Waals surface area contributed by atoms with Crippen molar-refractivity contribution in [1.29, 1.82) is 0 Å². The molecule has 0 aromatic carbocycles. The van der Waals surface area contributed by atoms with Crippen molar-refractivity contribution in [2.45, 2.75) is 6.92 Å². The van der Waals surface area contributed by atoms with E-state index in [1.54, 1.807) is 6.92 Å². The summed E-state index contributed by atoms with van der Waals surface area (Å²) in [4.78, 5) is 25.0. The summed E-state index contributed by atoms with van der Waals surface area (Å²) in [6, 6.07) is 1.27. The van der Waals surface area contributed by atoms with Crippen LogP contribution in [-0.4, -0.2) is 29.6 Å². The standard InChI is InChI=1S/C11H12N2O5/c1-3-18-10(14)5-4-8-6-9(13(15)16)11(17-2)12-7-8/h4-7H,3H2,1-2H3. The molecule has 0 unspecified atom stereocenters. The number of carbonyl (C=O) groups excluding carboxylic acids is 1. The molecule has 0 bridgehead atoms. The van der Waals surface area contributed by atoms with Crippen LogP contribution in [0.1, 0.15) is 12.5 Å². The second-order valence-corrected chi connectivity index (χ2v) is 3.14. The summed E-state index contributed by atoms with van der Waals surface area (Å²) in [5.41, 5.74) is 0.152. The average molecular weight is 252 g/mol. The van der Waals surface area contributed by atoms with Crippen molar-refractivity contribution in [3.05, 3.63) is 34.0 Å². The summed E-state index contributed by atoms with van der Waals surface area (Å²) in [5.74, 6) is -0.593. The van der Waals surface area contributed by atoms with Crippen LogP contribution in [0.25, 0.3) is 6.08 Å². The fraction of sp³-hybridized carbons (Fsp3) is 0.273. The van der Waals surface area contributed by atoms with Gasteiger partial charge in [0.05, 0.1) is 18.6 Å². The van der Waals surface area contributed by atoms with Crippen molar-refractivity contribution in [3.8, 4) is 5.88 Å². The zero-order chi connectivity index (χ0) is 13.5. The van der Waals surface area contributed by atoms with Crippen molar-refractivity contribution < 1.29 is 19.2 Å². The Balaban J connectivity index is 2.95. The van der Waals surface area contributed by atoms with Crippen LogP contribution in [0, 0.1) is 10.1 Å². The maximum absolute atomic E-state index is 11.1. The molecule has 1 aromatic heterocycles. The lowest BCUT2D eigenvalue weighted by molar-refractivity contribution is -0.386. The topological polar surface area (TPSA) is 91.6 Å². The van der Waals surface area contributed by atoms with E-state index in [9.17, 15) is 14.9 Å². The Kier molecular flexibility index (Phi) is 4.79. The van der Waals surface area contributed by atoms with Gasteiger partial charge >= 0.3 is 11.7 Å². The maximum Gasteiger partial charge on any atom is 0.331 e. The molecule has 0 radical (unpaired) electrons. The van der Waals surface area contributed by atoms with E-state index in [2.05, 4.69) is 9.72 Å². The van der Waals surface area contributed by atoms with Crippen LogP contribution >= 0.6 is 0 Å². The molecule has 0 aliphatic rings. The van der Waals surface area contributed by atoms with Crippen LogP contribution in [0.3, 0.4) is 0 Å². The first-order chi connectivity index (χ1) is 8.58. The van der Waals surface area contributed by atoms with E-state index < -0.39 is 10.9 Å². The zero-order valence-electron chi connectivity index (χ0n) is 9.95. The van der Waals surface area contributed by atoms with Gasteiger partial charge in [-0.05, 0) is 13.0 Å². The van der Waals surface area contributed by atoms with Gasteiger partial charge in [0.25, 0.3) is 5.88 Å². The number of esters is 1. The molecule has 18 heavy (non-hydrogen) atoms. The van der Waals surface area contributed by atoms with E-state index >= 15 is 0 Å². The summed E-state index contributed by atoms with van der Waals surface area (Å²) in [7, 11) is 1.30. The zero-order valence-corrected chi connectivity index (χ0v) is 9.95.